The predicted molar refractivity (Wildman–Crippen MR) is 109 cm³/mol. The Labute approximate surface area is 166 Å². The highest BCUT2D eigenvalue weighted by molar-refractivity contribution is 5.80. The molecule has 2 fully saturated rings. The number of piperazine rings is 1. The van der Waals surface area contributed by atoms with Crippen LogP contribution in [0.4, 0.5) is 5.82 Å². The third kappa shape index (κ3) is 2.56. The van der Waals surface area contributed by atoms with E-state index >= 15 is 0 Å². The van der Waals surface area contributed by atoms with Crippen LogP contribution in [0.25, 0.3) is 28.0 Å². The topological polar surface area (TPSA) is 88.6 Å². The van der Waals surface area contributed by atoms with Crippen LogP contribution in [-0.4, -0.2) is 44.5 Å². The Kier molecular flexibility index (Phi) is 3.37. The van der Waals surface area contributed by atoms with E-state index in [-0.39, 0.29) is 0 Å². The van der Waals surface area contributed by atoms with E-state index in [0.717, 1.165) is 47.7 Å². The van der Waals surface area contributed by atoms with Crippen LogP contribution in [-0.2, 0) is 0 Å². The Hall–Kier alpha value is -3.26. The average molecular weight is 388 g/mol. The minimum atomic E-state index is -0.433. The predicted octanol–water partition coefficient (Wildman–Crippen LogP) is 2.07. The highest BCUT2D eigenvalue weighted by Gasteiger charge is 2.38. The van der Waals surface area contributed by atoms with Crippen molar-refractivity contribution in [2.45, 2.75) is 32.4 Å². The molecule has 4 aromatic heterocycles. The number of fused-ring (bicyclic) bond motifs is 4. The molecule has 2 saturated heterocycles. The van der Waals surface area contributed by atoms with Gasteiger partial charge < -0.3 is 19.0 Å². The minimum absolute atomic E-state index is 0.365. The van der Waals surface area contributed by atoms with E-state index in [1.807, 2.05) is 48.8 Å². The molecule has 0 spiro atoms. The summed E-state index contributed by atoms with van der Waals surface area (Å²) in [4.78, 5) is 28.7. The van der Waals surface area contributed by atoms with Crippen LogP contribution in [0.15, 0.2) is 39.8 Å². The fourth-order valence-corrected chi connectivity index (χ4v) is 4.60. The summed E-state index contributed by atoms with van der Waals surface area (Å²) in [6, 6.07) is 6.79. The summed E-state index contributed by atoms with van der Waals surface area (Å²) < 4.78 is 7.50. The highest BCUT2D eigenvalue weighted by atomic mass is 16.4. The molecule has 1 N–H and O–H groups in total. The third-order valence-electron chi connectivity index (χ3n) is 5.94. The van der Waals surface area contributed by atoms with Crippen LogP contribution < -0.4 is 15.8 Å². The molecule has 8 heteroatoms. The smallest absolute Gasteiger partial charge is 0.347 e. The SMILES string of the molecule is Cc1cn2cc(-c3cc4ccc(N5C[C@@H]6C[C@H]5CN6)nc4oc3=O)nc2c(C)n1. The number of anilines is 1. The first-order valence-corrected chi connectivity index (χ1v) is 9.83. The van der Waals surface area contributed by atoms with E-state index in [0.29, 0.717) is 29.1 Å². The van der Waals surface area contributed by atoms with Gasteiger partial charge in [-0.05, 0) is 38.5 Å². The second-order valence-corrected chi connectivity index (χ2v) is 7.98. The van der Waals surface area contributed by atoms with Crippen molar-refractivity contribution in [3.63, 3.8) is 0 Å². The molecule has 0 unspecified atom stereocenters. The summed E-state index contributed by atoms with van der Waals surface area (Å²) in [5, 5.41) is 4.28. The first-order chi connectivity index (χ1) is 14.0. The van der Waals surface area contributed by atoms with Gasteiger partial charge in [-0.3, -0.25) is 4.98 Å². The first kappa shape index (κ1) is 16.7. The van der Waals surface area contributed by atoms with Gasteiger partial charge in [-0.25, -0.2) is 9.78 Å². The molecule has 2 aliphatic rings. The summed E-state index contributed by atoms with van der Waals surface area (Å²) in [6.45, 7) is 5.77. The molecular weight excluding hydrogens is 368 g/mol. The van der Waals surface area contributed by atoms with Crippen molar-refractivity contribution < 1.29 is 4.42 Å². The van der Waals surface area contributed by atoms with Crippen molar-refractivity contribution in [2.24, 2.45) is 0 Å². The fraction of sp³-hybridized carbons (Fsp3) is 0.333. The zero-order valence-corrected chi connectivity index (χ0v) is 16.2. The molecule has 2 aliphatic heterocycles. The van der Waals surface area contributed by atoms with Crippen LogP contribution in [0, 0.1) is 13.8 Å². The highest BCUT2D eigenvalue weighted by Crippen LogP contribution is 2.30. The number of aryl methyl sites for hydroxylation is 2. The lowest BCUT2D eigenvalue weighted by Crippen LogP contribution is -2.43. The largest absolute Gasteiger partial charge is 0.403 e. The van der Waals surface area contributed by atoms with E-state index < -0.39 is 5.63 Å². The Morgan fingerprint density at radius 3 is 2.86 bits per heavy atom. The third-order valence-corrected chi connectivity index (χ3v) is 5.94. The minimum Gasteiger partial charge on any atom is -0.403 e. The molecule has 146 valence electrons. The quantitative estimate of drug-likeness (QED) is 0.562. The lowest BCUT2D eigenvalue weighted by molar-refractivity contribution is 0.547. The monoisotopic (exact) mass is 388 g/mol. The number of hydrogen-bond acceptors (Lipinski definition) is 7. The van der Waals surface area contributed by atoms with Gasteiger partial charge in [0.05, 0.1) is 22.6 Å². The Bertz CT molecular complexity index is 1340. The van der Waals surface area contributed by atoms with Crippen LogP contribution >= 0.6 is 0 Å². The van der Waals surface area contributed by atoms with Gasteiger partial charge in [0, 0.05) is 43.0 Å². The molecule has 6 rings (SSSR count). The molecule has 29 heavy (non-hydrogen) atoms. The Morgan fingerprint density at radius 2 is 2.07 bits per heavy atom. The number of nitrogens with zero attached hydrogens (tertiary/aromatic N) is 5. The van der Waals surface area contributed by atoms with Gasteiger partial charge in [0.1, 0.15) is 5.82 Å². The number of imidazole rings is 1. The van der Waals surface area contributed by atoms with Gasteiger partial charge in [0.2, 0.25) is 5.71 Å². The molecule has 8 nitrogen and oxygen atoms in total. The molecule has 0 aliphatic carbocycles. The van der Waals surface area contributed by atoms with Crippen molar-refractivity contribution >= 4 is 22.6 Å². The van der Waals surface area contributed by atoms with E-state index in [1.165, 1.54) is 0 Å². The number of aromatic nitrogens is 4. The second-order valence-electron chi connectivity index (χ2n) is 7.98. The standard InChI is InChI=1S/C21H20N6O2/c1-11-8-26-10-17(24-19(26)12(2)23-11)16-5-13-3-4-18(25-20(13)29-21(16)28)27-9-14-6-15(27)7-22-14/h3-5,8,10,14-15,22H,6-7,9H2,1-2H3/t14-,15-/m0/s1. The normalized spacial score (nSPS) is 21.0. The number of nitrogens with one attached hydrogen (secondary N) is 1. The van der Waals surface area contributed by atoms with Gasteiger partial charge in [-0.15, -0.1) is 0 Å². The molecule has 6 heterocycles. The number of hydrogen-bond donors (Lipinski definition) is 1. The molecule has 0 saturated carbocycles. The van der Waals surface area contributed by atoms with Gasteiger partial charge >= 0.3 is 5.63 Å². The molecule has 2 atom stereocenters. The summed E-state index contributed by atoms with van der Waals surface area (Å²) in [5.74, 6) is 0.868. The fourth-order valence-electron chi connectivity index (χ4n) is 4.60. The molecule has 2 bridgehead atoms. The maximum atomic E-state index is 12.7. The van der Waals surface area contributed by atoms with Crippen molar-refractivity contribution in [1.29, 1.82) is 0 Å². The summed E-state index contributed by atoms with van der Waals surface area (Å²) in [6.07, 6.45) is 4.88. The number of pyridine rings is 1. The van der Waals surface area contributed by atoms with Crippen molar-refractivity contribution in [1.82, 2.24) is 24.7 Å². The average Bonchev–Trinajstić information content (AvgIpc) is 3.42. The van der Waals surface area contributed by atoms with Crippen molar-refractivity contribution in [2.75, 3.05) is 18.0 Å². The van der Waals surface area contributed by atoms with Gasteiger partial charge in [-0.1, -0.05) is 0 Å². The lowest BCUT2D eigenvalue weighted by Gasteiger charge is -2.28. The molecule has 4 aromatic rings. The van der Waals surface area contributed by atoms with Crippen LogP contribution in [0.3, 0.4) is 0 Å². The zero-order chi connectivity index (χ0) is 19.7. The maximum absolute atomic E-state index is 12.7. The number of rotatable bonds is 2. The van der Waals surface area contributed by atoms with E-state index in [1.54, 1.807) is 0 Å². The Balaban J connectivity index is 1.44. The molecular formula is C21H20N6O2. The van der Waals surface area contributed by atoms with Gasteiger partial charge in [0.25, 0.3) is 0 Å². The summed E-state index contributed by atoms with van der Waals surface area (Å²) in [7, 11) is 0. The van der Waals surface area contributed by atoms with Crippen LogP contribution in [0.5, 0.6) is 0 Å². The lowest BCUT2D eigenvalue weighted by atomic mass is 10.2. The van der Waals surface area contributed by atoms with Crippen molar-refractivity contribution in [3.8, 4) is 11.3 Å². The zero-order valence-electron chi connectivity index (χ0n) is 16.2. The molecule has 0 radical (unpaired) electrons. The van der Waals surface area contributed by atoms with Crippen LogP contribution in [0.1, 0.15) is 17.8 Å². The van der Waals surface area contributed by atoms with Crippen molar-refractivity contribution in [3.05, 3.63) is 52.4 Å². The molecule has 0 amide bonds. The molecule has 0 aromatic carbocycles. The summed E-state index contributed by atoms with van der Waals surface area (Å²) >= 11 is 0. The first-order valence-electron chi connectivity index (χ1n) is 9.83. The van der Waals surface area contributed by atoms with E-state index in [9.17, 15) is 4.79 Å². The Morgan fingerprint density at radius 1 is 1.17 bits per heavy atom. The second kappa shape index (κ2) is 5.87. The maximum Gasteiger partial charge on any atom is 0.347 e. The summed E-state index contributed by atoms with van der Waals surface area (Å²) in [5.41, 5.74) is 3.38. The van der Waals surface area contributed by atoms with Gasteiger partial charge in [0.15, 0.2) is 5.65 Å². The van der Waals surface area contributed by atoms with Crippen LogP contribution in [0.2, 0.25) is 0 Å². The van der Waals surface area contributed by atoms with Gasteiger partial charge in [-0.2, -0.15) is 4.98 Å². The van der Waals surface area contributed by atoms with E-state index in [2.05, 4.69) is 25.2 Å². The van der Waals surface area contributed by atoms with E-state index in [4.69, 9.17) is 4.42 Å².